The number of carbonyl (C=O) groups excluding carboxylic acids is 3. The first-order chi connectivity index (χ1) is 15.8. The standard InChI is InChI=1S/C19H20ClN3O10S/c1-19(15(17(28)29)23-11(25)4-12(23)34(19,31)32)7-33-18(30)22-5-8(6-22)21-16(27)9-2-3-10(24)14(26)13(9)20/h2-3,8,12,15,24,26H,4-7H2,1H3,(H,21,27)(H,28,29)/t12-,15+,19+/m1/s1. The molecule has 3 amide bonds. The monoisotopic (exact) mass is 517 g/mol. The number of nitrogens with one attached hydrogen (secondary N) is 1. The molecule has 34 heavy (non-hydrogen) atoms. The molecule has 3 fully saturated rings. The number of carboxylic acids is 1. The maximum absolute atomic E-state index is 12.8. The number of hydrogen-bond donors (Lipinski definition) is 4. The summed E-state index contributed by atoms with van der Waals surface area (Å²) in [6, 6.07) is 0.141. The molecule has 3 aliphatic heterocycles. The maximum Gasteiger partial charge on any atom is 0.409 e. The minimum Gasteiger partial charge on any atom is -0.504 e. The molecule has 13 nitrogen and oxygen atoms in total. The average Bonchev–Trinajstić information content (AvgIpc) is 2.87. The van der Waals surface area contributed by atoms with Gasteiger partial charge in [-0.1, -0.05) is 11.6 Å². The number of rotatable bonds is 5. The lowest BCUT2D eigenvalue weighted by Crippen LogP contribution is -2.62. The van der Waals surface area contributed by atoms with Gasteiger partial charge in [0, 0.05) is 13.1 Å². The molecule has 15 heteroatoms. The summed E-state index contributed by atoms with van der Waals surface area (Å²) >= 11 is 5.85. The van der Waals surface area contributed by atoms with E-state index in [1.165, 1.54) is 11.0 Å². The Morgan fingerprint density at radius 1 is 1.26 bits per heavy atom. The van der Waals surface area contributed by atoms with Gasteiger partial charge in [0.05, 0.1) is 23.0 Å². The summed E-state index contributed by atoms with van der Waals surface area (Å²) in [5, 5.41) is 29.6. The number of nitrogens with zero attached hydrogens (tertiary/aromatic N) is 2. The minimum atomic E-state index is -4.11. The minimum absolute atomic E-state index is 0.0192. The second-order valence-corrected chi connectivity index (χ2v) is 11.4. The van der Waals surface area contributed by atoms with Crippen LogP contribution in [0.3, 0.4) is 0 Å². The van der Waals surface area contributed by atoms with E-state index < -0.39 is 74.0 Å². The van der Waals surface area contributed by atoms with Gasteiger partial charge in [0.25, 0.3) is 5.91 Å². The van der Waals surface area contributed by atoms with Crippen LogP contribution in [0.25, 0.3) is 0 Å². The van der Waals surface area contributed by atoms with Crippen molar-refractivity contribution >= 4 is 45.3 Å². The molecule has 184 valence electrons. The molecular weight excluding hydrogens is 498 g/mol. The third-order valence-electron chi connectivity index (χ3n) is 6.34. The first-order valence-electron chi connectivity index (χ1n) is 10.00. The van der Waals surface area contributed by atoms with Gasteiger partial charge in [-0.15, -0.1) is 0 Å². The quantitative estimate of drug-likeness (QED) is 0.292. The van der Waals surface area contributed by atoms with E-state index in [9.17, 15) is 42.9 Å². The molecule has 0 saturated carbocycles. The first kappa shape index (κ1) is 23.9. The number of amides is 3. The molecule has 0 bridgehead atoms. The maximum atomic E-state index is 12.8. The Labute approximate surface area is 197 Å². The lowest BCUT2D eigenvalue weighted by molar-refractivity contribution is -0.158. The topological polar surface area (TPSA) is 191 Å². The summed E-state index contributed by atoms with van der Waals surface area (Å²) < 4.78 is 28.8. The summed E-state index contributed by atoms with van der Waals surface area (Å²) in [4.78, 5) is 50.2. The number of halogens is 1. The Morgan fingerprint density at radius 2 is 1.91 bits per heavy atom. The van der Waals surface area contributed by atoms with E-state index in [0.717, 1.165) is 17.9 Å². The fraction of sp³-hybridized carbons (Fsp3) is 0.474. The second kappa shape index (κ2) is 7.91. The third-order valence-corrected chi connectivity index (χ3v) is 9.48. The molecule has 3 atom stereocenters. The SMILES string of the molecule is C[C@]1(COC(=O)N2CC(NC(=O)c3ccc(O)c(O)c3Cl)C2)[C@H](C(=O)O)N2C(=O)C[C@H]2S1(=O)=O. The average molecular weight is 518 g/mol. The van der Waals surface area contributed by atoms with E-state index in [0.29, 0.717) is 0 Å². The zero-order valence-electron chi connectivity index (χ0n) is 17.6. The van der Waals surface area contributed by atoms with E-state index in [1.54, 1.807) is 0 Å². The van der Waals surface area contributed by atoms with Crippen molar-refractivity contribution in [3.8, 4) is 11.5 Å². The zero-order valence-corrected chi connectivity index (χ0v) is 19.2. The van der Waals surface area contributed by atoms with Gasteiger partial charge in [-0.3, -0.25) is 9.59 Å². The molecule has 0 aliphatic carbocycles. The molecule has 3 heterocycles. The van der Waals surface area contributed by atoms with E-state index in [-0.39, 0.29) is 30.1 Å². The Kier molecular flexibility index (Phi) is 5.55. The number of ether oxygens (including phenoxy) is 1. The Balaban J connectivity index is 1.35. The highest BCUT2D eigenvalue weighted by Crippen LogP contribution is 2.46. The van der Waals surface area contributed by atoms with E-state index >= 15 is 0 Å². The number of carboxylic acid groups (broad SMARTS) is 1. The van der Waals surface area contributed by atoms with Gasteiger partial charge in [0.1, 0.15) is 16.7 Å². The van der Waals surface area contributed by atoms with Crippen molar-refractivity contribution < 1.29 is 47.7 Å². The van der Waals surface area contributed by atoms with Crippen LogP contribution in [-0.4, -0.2) is 99.3 Å². The van der Waals surface area contributed by atoms with Crippen molar-refractivity contribution in [2.75, 3.05) is 19.7 Å². The number of phenols is 2. The van der Waals surface area contributed by atoms with Crippen LogP contribution < -0.4 is 5.32 Å². The number of phenolic OH excluding ortho intramolecular Hbond substituents is 2. The molecule has 4 rings (SSSR count). The van der Waals surface area contributed by atoms with E-state index in [1.807, 2.05) is 0 Å². The number of aromatic hydroxyl groups is 2. The zero-order chi connectivity index (χ0) is 25.2. The lowest BCUT2D eigenvalue weighted by Gasteiger charge is -2.39. The number of fused-ring (bicyclic) bond motifs is 1. The number of β-lactam (4-membered cyclic amide) rings is 1. The van der Waals surface area contributed by atoms with Crippen molar-refractivity contribution in [3.05, 3.63) is 22.7 Å². The van der Waals surface area contributed by atoms with Crippen molar-refractivity contribution in [1.29, 1.82) is 0 Å². The predicted octanol–water partition coefficient (Wildman–Crippen LogP) is -0.499. The van der Waals surface area contributed by atoms with Gasteiger partial charge in [-0.25, -0.2) is 18.0 Å². The van der Waals surface area contributed by atoms with Gasteiger partial charge < -0.3 is 35.2 Å². The molecule has 0 radical (unpaired) electrons. The van der Waals surface area contributed by atoms with E-state index in [2.05, 4.69) is 5.32 Å². The van der Waals surface area contributed by atoms with E-state index in [4.69, 9.17) is 16.3 Å². The van der Waals surface area contributed by atoms with Crippen LogP contribution in [0.15, 0.2) is 12.1 Å². The molecule has 0 aromatic heterocycles. The van der Waals surface area contributed by atoms with Gasteiger partial charge in [0.2, 0.25) is 5.91 Å². The number of likely N-dealkylation sites (tertiary alicyclic amines) is 1. The summed E-state index contributed by atoms with van der Waals surface area (Å²) in [6.45, 7) is 0.411. The van der Waals surface area contributed by atoms with Crippen LogP contribution in [0, 0.1) is 0 Å². The molecule has 0 spiro atoms. The number of carbonyl (C=O) groups is 4. The summed E-state index contributed by atoms with van der Waals surface area (Å²) in [6.07, 6.45) is -1.22. The number of benzene rings is 1. The normalized spacial score (nSPS) is 27.4. The Morgan fingerprint density at radius 3 is 2.50 bits per heavy atom. The molecule has 1 aromatic carbocycles. The van der Waals surface area contributed by atoms with Crippen molar-refractivity contribution in [2.24, 2.45) is 0 Å². The fourth-order valence-electron chi connectivity index (χ4n) is 4.28. The molecule has 3 aliphatic rings. The van der Waals surface area contributed by atoms with Crippen molar-refractivity contribution in [3.63, 3.8) is 0 Å². The van der Waals surface area contributed by atoms with Crippen LogP contribution in [0.2, 0.25) is 5.02 Å². The Bertz CT molecular complexity index is 1210. The molecule has 3 saturated heterocycles. The van der Waals surface area contributed by atoms with Crippen LogP contribution in [0.5, 0.6) is 11.5 Å². The second-order valence-electron chi connectivity index (χ2n) is 8.48. The van der Waals surface area contributed by atoms with Gasteiger partial charge in [0.15, 0.2) is 27.4 Å². The first-order valence-corrected chi connectivity index (χ1v) is 11.9. The van der Waals surface area contributed by atoms with Crippen LogP contribution in [0.1, 0.15) is 23.7 Å². The predicted molar refractivity (Wildman–Crippen MR) is 113 cm³/mol. The fourth-order valence-corrected chi connectivity index (χ4v) is 6.80. The smallest absolute Gasteiger partial charge is 0.409 e. The highest BCUT2D eigenvalue weighted by molar-refractivity contribution is 7.94. The highest BCUT2D eigenvalue weighted by Gasteiger charge is 2.70. The van der Waals surface area contributed by atoms with Crippen molar-refractivity contribution in [2.45, 2.75) is 35.5 Å². The van der Waals surface area contributed by atoms with Gasteiger partial charge in [-0.05, 0) is 19.1 Å². The van der Waals surface area contributed by atoms with Gasteiger partial charge >= 0.3 is 12.1 Å². The summed E-state index contributed by atoms with van der Waals surface area (Å²) in [5.41, 5.74) is -0.0868. The highest BCUT2D eigenvalue weighted by atomic mass is 35.5. The lowest BCUT2D eigenvalue weighted by atomic mass is 9.97. The molecule has 0 unspecified atom stereocenters. The van der Waals surface area contributed by atoms with Crippen LogP contribution in [0.4, 0.5) is 4.79 Å². The third kappa shape index (κ3) is 3.39. The Hall–Kier alpha value is -3.26. The van der Waals surface area contributed by atoms with Crippen molar-refractivity contribution in [1.82, 2.24) is 15.1 Å². The molecule has 4 N–H and O–H groups in total. The summed E-state index contributed by atoms with van der Waals surface area (Å²) in [5.74, 6) is -3.89. The van der Waals surface area contributed by atoms with Crippen LogP contribution >= 0.6 is 11.6 Å². The number of aliphatic carboxylic acids is 1. The summed E-state index contributed by atoms with van der Waals surface area (Å²) in [7, 11) is -4.11. The van der Waals surface area contributed by atoms with Gasteiger partial charge in [-0.2, -0.15) is 0 Å². The molecule has 1 aromatic rings. The van der Waals surface area contributed by atoms with Crippen LogP contribution in [-0.2, 0) is 24.2 Å². The number of sulfone groups is 1. The molecular formula is C19H20ClN3O10S. The largest absolute Gasteiger partial charge is 0.504 e. The number of hydrogen-bond acceptors (Lipinski definition) is 9.